The number of hydrogen-bond donors (Lipinski definition) is 1. The summed E-state index contributed by atoms with van der Waals surface area (Å²) in [6, 6.07) is 35.7. The van der Waals surface area contributed by atoms with Crippen LogP contribution in [0.2, 0.25) is 0 Å². The van der Waals surface area contributed by atoms with Crippen LogP contribution in [0.5, 0.6) is 11.5 Å². The summed E-state index contributed by atoms with van der Waals surface area (Å²) in [4.78, 5) is 10.8. The molecule has 4 aromatic carbocycles. The quantitative estimate of drug-likeness (QED) is 0.150. The monoisotopic (exact) mass is 618 g/mol. The van der Waals surface area contributed by atoms with E-state index in [1.165, 1.54) is 0 Å². The molecule has 2 saturated heterocycles. The van der Waals surface area contributed by atoms with Gasteiger partial charge in [0.25, 0.3) is 0 Å². The third-order valence-corrected chi connectivity index (χ3v) is 8.58. The number of fused-ring (bicyclic) bond motifs is 1. The fourth-order valence-electron chi connectivity index (χ4n) is 5.73. The molecule has 0 bridgehead atoms. The Bertz CT molecular complexity index is 1530. The van der Waals surface area contributed by atoms with Crippen LogP contribution in [0.4, 0.5) is 0 Å². The van der Waals surface area contributed by atoms with Gasteiger partial charge in [0.1, 0.15) is 35.4 Å². The van der Waals surface area contributed by atoms with Gasteiger partial charge in [-0.2, -0.15) is 0 Å². The zero-order chi connectivity index (χ0) is 30.8. The largest absolute Gasteiger partial charge is 0.527 e. The average molecular weight is 619 g/mol. The Labute approximate surface area is 256 Å². The topological polar surface area (TPSA) is 102 Å². The maximum atomic E-state index is 13.3. The summed E-state index contributed by atoms with van der Waals surface area (Å²) in [5, 5.41) is 0. The van der Waals surface area contributed by atoms with Gasteiger partial charge in [-0.05, 0) is 54.8 Å². The lowest BCUT2D eigenvalue weighted by Gasteiger charge is -2.37. The summed E-state index contributed by atoms with van der Waals surface area (Å²) in [5.41, 5.74) is 1.51. The van der Waals surface area contributed by atoms with Crippen molar-refractivity contribution in [2.45, 2.75) is 49.8 Å². The Balaban J connectivity index is 1.36. The van der Waals surface area contributed by atoms with Gasteiger partial charge in [0.05, 0.1) is 13.7 Å². The van der Waals surface area contributed by atoms with E-state index in [1.54, 1.807) is 51.3 Å². The van der Waals surface area contributed by atoms with E-state index < -0.39 is 43.8 Å². The molecule has 0 amide bonds. The second-order valence-electron chi connectivity index (χ2n) is 11.0. The highest BCUT2D eigenvalue weighted by molar-refractivity contribution is 7.47. The van der Waals surface area contributed by atoms with Crippen molar-refractivity contribution in [2.24, 2.45) is 0 Å². The third-order valence-electron chi connectivity index (χ3n) is 7.63. The van der Waals surface area contributed by atoms with Crippen LogP contribution in [-0.4, -0.2) is 49.0 Å². The molecule has 2 fully saturated rings. The highest BCUT2D eigenvalue weighted by atomic mass is 31.2. The van der Waals surface area contributed by atoms with Gasteiger partial charge >= 0.3 is 7.82 Å². The average Bonchev–Trinajstić information content (AvgIpc) is 3.50. The molecule has 1 N–H and O–H groups in total. The van der Waals surface area contributed by atoms with E-state index in [0.29, 0.717) is 5.75 Å². The van der Waals surface area contributed by atoms with Crippen LogP contribution in [0.15, 0.2) is 115 Å². The van der Waals surface area contributed by atoms with Crippen LogP contribution >= 0.6 is 7.82 Å². The number of phosphoric acid groups is 1. The minimum Gasteiger partial charge on any atom is -0.497 e. The zero-order valence-electron chi connectivity index (χ0n) is 24.6. The molecular weight excluding hydrogens is 583 g/mol. The summed E-state index contributed by atoms with van der Waals surface area (Å²) < 4.78 is 55.2. The molecule has 2 aliphatic rings. The summed E-state index contributed by atoms with van der Waals surface area (Å²) in [6.07, 6.45) is -3.56. The first kappa shape index (κ1) is 30.5. The first-order chi connectivity index (χ1) is 21.2. The van der Waals surface area contributed by atoms with Crippen LogP contribution in [0.25, 0.3) is 0 Å². The maximum absolute atomic E-state index is 13.3. The molecule has 10 heteroatoms. The smallest absolute Gasteiger partial charge is 0.497 e. The number of hydrogen-bond acceptors (Lipinski definition) is 8. The van der Waals surface area contributed by atoms with E-state index in [9.17, 15) is 9.46 Å². The van der Waals surface area contributed by atoms with Crippen LogP contribution < -0.4 is 9.26 Å². The highest BCUT2D eigenvalue weighted by Crippen LogP contribution is 2.51. The van der Waals surface area contributed by atoms with Gasteiger partial charge in [0.2, 0.25) is 0 Å². The number of para-hydroxylation sites is 1. The zero-order valence-corrected chi connectivity index (χ0v) is 25.5. The molecule has 2 aliphatic heterocycles. The Morgan fingerprint density at radius 2 is 1.32 bits per heavy atom. The number of phosphoric ester groups is 1. The SMILES string of the molecule is COc1ccc(C(OC[C@H]2O[C@@H]3OC(C)(C)O[C@@H]3[C@H]2OP(=O)(O)Oc2ccccc2)(c2ccccc2)c2ccccc2)cc1. The predicted octanol–water partition coefficient (Wildman–Crippen LogP) is 6.44. The Morgan fingerprint density at radius 1 is 0.773 bits per heavy atom. The van der Waals surface area contributed by atoms with E-state index in [0.717, 1.165) is 16.7 Å². The van der Waals surface area contributed by atoms with Crippen molar-refractivity contribution in [1.82, 2.24) is 0 Å². The molecule has 4 aromatic rings. The van der Waals surface area contributed by atoms with Gasteiger partial charge < -0.3 is 28.2 Å². The van der Waals surface area contributed by atoms with Crippen molar-refractivity contribution >= 4 is 7.82 Å². The van der Waals surface area contributed by atoms with Crippen molar-refractivity contribution in [3.8, 4) is 11.5 Å². The first-order valence-electron chi connectivity index (χ1n) is 14.4. The highest BCUT2D eigenvalue weighted by Gasteiger charge is 2.58. The second kappa shape index (κ2) is 12.5. The molecule has 9 nitrogen and oxygen atoms in total. The van der Waals surface area contributed by atoms with Crippen LogP contribution in [0.1, 0.15) is 30.5 Å². The fourth-order valence-corrected chi connectivity index (χ4v) is 6.72. The lowest BCUT2D eigenvalue weighted by Crippen LogP contribution is -2.42. The number of ether oxygens (including phenoxy) is 5. The number of rotatable bonds is 11. The van der Waals surface area contributed by atoms with Crippen molar-refractivity contribution in [3.05, 3.63) is 132 Å². The van der Waals surface area contributed by atoms with E-state index >= 15 is 0 Å². The molecule has 0 aliphatic carbocycles. The molecule has 5 atom stereocenters. The standard InChI is InChI=1S/C34H35O9P/c1-33(2)40-31-30(43-44(35,36)42-28-17-11-6-12-18-28)29(39-32(31)41-33)23-38-34(24-13-7-4-8-14-24,25-15-9-5-10-16-25)26-19-21-27(37-3)22-20-26/h4-22,29-32H,23H2,1-3H3,(H,35,36)/t29-,30+,31-,32-/m1/s1. The Hall–Kier alpha value is -3.53. The van der Waals surface area contributed by atoms with E-state index in [-0.39, 0.29) is 12.4 Å². The van der Waals surface area contributed by atoms with Crippen molar-refractivity contribution in [3.63, 3.8) is 0 Å². The summed E-state index contributed by atoms with van der Waals surface area (Å²) in [7, 11) is -3.01. The lowest BCUT2D eigenvalue weighted by atomic mass is 9.80. The molecule has 0 spiro atoms. The third kappa shape index (κ3) is 6.32. The minimum atomic E-state index is -4.62. The van der Waals surface area contributed by atoms with E-state index in [2.05, 4.69) is 0 Å². The van der Waals surface area contributed by atoms with Gasteiger partial charge in [0.15, 0.2) is 12.1 Å². The summed E-state index contributed by atoms with van der Waals surface area (Å²) in [5.74, 6) is -0.0842. The van der Waals surface area contributed by atoms with Gasteiger partial charge in [-0.3, -0.25) is 9.42 Å². The van der Waals surface area contributed by atoms with Crippen molar-refractivity contribution in [2.75, 3.05) is 13.7 Å². The Kier molecular flexibility index (Phi) is 8.64. The normalized spacial score (nSPS) is 23.9. The molecule has 0 saturated carbocycles. The van der Waals surface area contributed by atoms with E-state index in [4.69, 9.17) is 32.7 Å². The molecule has 0 aromatic heterocycles. The van der Waals surface area contributed by atoms with Crippen LogP contribution in [0, 0.1) is 0 Å². The molecule has 2 heterocycles. The molecule has 1 unspecified atom stereocenters. The molecule has 0 radical (unpaired) electrons. The Morgan fingerprint density at radius 3 is 1.89 bits per heavy atom. The second-order valence-corrected chi connectivity index (χ2v) is 12.4. The van der Waals surface area contributed by atoms with Crippen LogP contribution in [0.3, 0.4) is 0 Å². The molecule has 230 valence electrons. The molecule has 6 rings (SSSR count). The fraction of sp³-hybridized carbons (Fsp3) is 0.294. The maximum Gasteiger partial charge on any atom is 0.527 e. The summed E-state index contributed by atoms with van der Waals surface area (Å²) in [6.45, 7) is 3.44. The number of methoxy groups -OCH3 is 1. The summed E-state index contributed by atoms with van der Waals surface area (Å²) >= 11 is 0. The van der Waals surface area contributed by atoms with Gasteiger partial charge in [0, 0.05) is 0 Å². The first-order valence-corrected chi connectivity index (χ1v) is 15.9. The minimum absolute atomic E-state index is 0.0496. The molecule has 44 heavy (non-hydrogen) atoms. The molecular formula is C34H35O9P. The van der Waals surface area contributed by atoms with Crippen molar-refractivity contribution in [1.29, 1.82) is 0 Å². The number of benzene rings is 4. The van der Waals surface area contributed by atoms with E-state index in [1.807, 2.05) is 84.9 Å². The van der Waals surface area contributed by atoms with Gasteiger partial charge in [-0.15, -0.1) is 0 Å². The predicted molar refractivity (Wildman–Crippen MR) is 162 cm³/mol. The lowest BCUT2D eigenvalue weighted by molar-refractivity contribution is -0.222. The van der Waals surface area contributed by atoms with Crippen molar-refractivity contribution < 1.29 is 42.2 Å². The van der Waals surface area contributed by atoms with Crippen LogP contribution in [-0.2, 0) is 33.6 Å². The van der Waals surface area contributed by atoms with Gasteiger partial charge in [-0.25, -0.2) is 4.57 Å². The van der Waals surface area contributed by atoms with Gasteiger partial charge in [-0.1, -0.05) is 91.0 Å².